The lowest BCUT2D eigenvalue weighted by Crippen LogP contribution is -2.42. The van der Waals surface area contributed by atoms with Crippen LogP contribution in [0.5, 0.6) is 0 Å². The molecule has 1 aromatic carbocycles. The molecule has 3 rings (SSSR count). The lowest BCUT2D eigenvalue weighted by Gasteiger charge is -2.29. The number of hydrazone groups is 1. The van der Waals surface area contributed by atoms with E-state index in [1.807, 2.05) is 31.3 Å². The minimum atomic E-state index is -0.107. The van der Waals surface area contributed by atoms with E-state index in [4.69, 9.17) is 0 Å². The summed E-state index contributed by atoms with van der Waals surface area (Å²) in [7, 11) is 3.61. The first-order valence-electron chi connectivity index (χ1n) is 5.98. The third-order valence-corrected chi connectivity index (χ3v) is 4.51. The van der Waals surface area contributed by atoms with Gasteiger partial charge in [0.1, 0.15) is 11.1 Å². The predicted molar refractivity (Wildman–Crippen MR) is 78.6 cm³/mol. The van der Waals surface area contributed by atoms with Gasteiger partial charge in [0.05, 0.1) is 5.69 Å². The molecular weight excluding hydrogens is 260 g/mol. The van der Waals surface area contributed by atoms with Gasteiger partial charge in [0.2, 0.25) is 5.91 Å². The summed E-state index contributed by atoms with van der Waals surface area (Å²) < 4.78 is 0. The van der Waals surface area contributed by atoms with Crippen molar-refractivity contribution >= 4 is 34.2 Å². The van der Waals surface area contributed by atoms with E-state index in [0.29, 0.717) is 0 Å². The Labute approximate surface area is 116 Å². The first-order valence-corrected chi connectivity index (χ1v) is 6.86. The Balaban J connectivity index is 2.17. The lowest BCUT2D eigenvalue weighted by atomic mass is 10.1. The van der Waals surface area contributed by atoms with Crippen molar-refractivity contribution in [2.45, 2.75) is 12.3 Å². The number of para-hydroxylation sites is 1. The number of carbonyl (C=O) groups is 1. The van der Waals surface area contributed by atoms with Gasteiger partial charge in [-0.3, -0.25) is 14.7 Å². The van der Waals surface area contributed by atoms with Crippen LogP contribution >= 0.6 is 11.8 Å². The second kappa shape index (κ2) is 4.38. The van der Waals surface area contributed by atoms with Crippen molar-refractivity contribution in [3.05, 3.63) is 29.8 Å². The second-order valence-corrected chi connectivity index (χ2v) is 5.44. The van der Waals surface area contributed by atoms with E-state index in [1.54, 1.807) is 35.6 Å². The predicted octanol–water partition coefficient (Wildman–Crippen LogP) is 1.75. The van der Waals surface area contributed by atoms with Gasteiger partial charge in [-0.15, -0.1) is 0 Å². The van der Waals surface area contributed by atoms with Gasteiger partial charge in [0, 0.05) is 26.6 Å². The summed E-state index contributed by atoms with van der Waals surface area (Å²) in [5.41, 5.74) is 2.87. The normalized spacial score (nSPS) is 23.2. The summed E-state index contributed by atoms with van der Waals surface area (Å²) in [6.07, 6.45) is 0. The monoisotopic (exact) mass is 274 g/mol. The highest BCUT2D eigenvalue weighted by atomic mass is 32.2. The minimum absolute atomic E-state index is 0.0233. The zero-order chi connectivity index (χ0) is 13.6. The molecule has 0 N–H and O–H groups in total. The molecule has 0 radical (unpaired) electrons. The number of thioether (sulfide) groups is 1. The van der Waals surface area contributed by atoms with Crippen LogP contribution < -0.4 is 4.90 Å². The van der Waals surface area contributed by atoms with E-state index in [9.17, 15) is 4.79 Å². The molecule has 0 fully saturated rings. The summed E-state index contributed by atoms with van der Waals surface area (Å²) in [5.74, 6) is 0.0233. The first-order chi connectivity index (χ1) is 9.13. The second-order valence-electron chi connectivity index (χ2n) is 4.39. The maximum absolute atomic E-state index is 11.9. The molecule has 1 atom stereocenters. The Morgan fingerprint density at radius 2 is 2.16 bits per heavy atom. The molecule has 6 heteroatoms. The van der Waals surface area contributed by atoms with Gasteiger partial charge in [0.25, 0.3) is 0 Å². The summed E-state index contributed by atoms with van der Waals surface area (Å²) in [5, 5.41) is 7.04. The summed E-state index contributed by atoms with van der Waals surface area (Å²) >= 11 is 1.55. The van der Waals surface area contributed by atoms with E-state index in [0.717, 1.165) is 22.1 Å². The van der Waals surface area contributed by atoms with Crippen LogP contribution in [0.15, 0.2) is 34.4 Å². The van der Waals surface area contributed by atoms with Gasteiger partial charge in [0.15, 0.2) is 5.17 Å². The Morgan fingerprint density at radius 3 is 2.84 bits per heavy atom. The van der Waals surface area contributed by atoms with Crippen molar-refractivity contribution in [3.63, 3.8) is 0 Å². The molecule has 1 amide bonds. The fourth-order valence-electron chi connectivity index (χ4n) is 2.41. The van der Waals surface area contributed by atoms with Crippen LogP contribution in [0.2, 0.25) is 0 Å². The molecule has 2 aliphatic rings. The number of amides is 1. The summed E-state index contributed by atoms with van der Waals surface area (Å²) in [4.78, 5) is 17.9. The average molecular weight is 274 g/mol. The molecule has 98 valence electrons. The van der Waals surface area contributed by atoms with Crippen LogP contribution in [0.25, 0.3) is 0 Å². The molecule has 0 saturated heterocycles. The van der Waals surface area contributed by atoms with E-state index in [2.05, 4.69) is 10.1 Å². The third kappa shape index (κ3) is 1.74. The third-order valence-electron chi connectivity index (χ3n) is 3.19. The summed E-state index contributed by atoms with van der Waals surface area (Å²) in [6, 6.07) is 7.87. The topological polar surface area (TPSA) is 48.3 Å². The fourth-order valence-corrected chi connectivity index (χ4v) is 3.56. The van der Waals surface area contributed by atoms with Gasteiger partial charge in [-0.2, -0.15) is 5.10 Å². The number of nitrogens with zero attached hydrogens (tertiary/aromatic N) is 4. The van der Waals surface area contributed by atoms with E-state index in [-0.39, 0.29) is 11.3 Å². The van der Waals surface area contributed by atoms with Crippen LogP contribution in [0.4, 0.5) is 5.69 Å². The fraction of sp³-hybridized carbons (Fsp3) is 0.308. The van der Waals surface area contributed by atoms with Crippen molar-refractivity contribution in [2.24, 2.45) is 10.1 Å². The van der Waals surface area contributed by atoms with Gasteiger partial charge < -0.3 is 0 Å². The maximum atomic E-state index is 11.9. The van der Waals surface area contributed by atoms with Crippen LogP contribution in [0, 0.1) is 0 Å². The minimum Gasteiger partial charge on any atom is -0.293 e. The highest BCUT2D eigenvalue weighted by molar-refractivity contribution is 8.15. The van der Waals surface area contributed by atoms with Crippen molar-refractivity contribution in [1.82, 2.24) is 5.01 Å². The van der Waals surface area contributed by atoms with Gasteiger partial charge >= 0.3 is 0 Å². The largest absolute Gasteiger partial charge is 0.293 e. The molecular formula is C13H14N4OS. The molecule has 0 spiro atoms. The van der Waals surface area contributed by atoms with Gasteiger partial charge in [-0.1, -0.05) is 30.0 Å². The average Bonchev–Trinajstić information content (AvgIpc) is 2.71. The van der Waals surface area contributed by atoms with Gasteiger partial charge in [-0.25, -0.2) is 5.01 Å². The number of fused-ring (bicyclic) bond motifs is 3. The number of hydrogen-bond acceptors (Lipinski definition) is 4. The van der Waals surface area contributed by atoms with Crippen LogP contribution in [0.3, 0.4) is 0 Å². The first kappa shape index (κ1) is 12.2. The molecule has 2 aliphatic heterocycles. The van der Waals surface area contributed by atoms with Crippen LogP contribution in [0.1, 0.15) is 12.5 Å². The van der Waals surface area contributed by atoms with Crippen LogP contribution in [-0.2, 0) is 4.79 Å². The molecule has 0 bridgehead atoms. The number of benzene rings is 1. The lowest BCUT2D eigenvalue weighted by molar-refractivity contribution is -0.116. The Morgan fingerprint density at radius 1 is 1.42 bits per heavy atom. The highest BCUT2D eigenvalue weighted by Crippen LogP contribution is 2.40. The smallest absolute Gasteiger partial charge is 0.225 e. The SMILES string of the molecule is CN=C1S[C@H]2C(=NN1C)c1ccccc1N2C(C)=O. The quantitative estimate of drug-likeness (QED) is 0.724. The van der Waals surface area contributed by atoms with Crippen LogP contribution in [-0.4, -0.2) is 41.3 Å². The molecule has 1 aromatic rings. The number of carbonyl (C=O) groups excluding carboxylic acids is 1. The van der Waals surface area contributed by atoms with Crippen molar-refractivity contribution in [2.75, 3.05) is 19.0 Å². The summed E-state index contributed by atoms with van der Waals surface area (Å²) in [6.45, 7) is 1.58. The Kier molecular flexibility index (Phi) is 2.82. The Hall–Kier alpha value is -1.82. The number of amidine groups is 1. The molecule has 19 heavy (non-hydrogen) atoms. The number of rotatable bonds is 0. The van der Waals surface area contributed by atoms with E-state index in [1.165, 1.54) is 0 Å². The molecule has 2 heterocycles. The molecule has 5 nitrogen and oxygen atoms in total. The number of hydrogen-bond donors (Lipinski definition) is 0. The maximum Gasteiger partial charge on any atom is 0.225 e. The standard InChI is InChI=1S/C13H14N4OS/c1-8(18)17-10-7-5-4-6-9(10)11-12(17)19-13(14-2)16(3)15-11/h4-7,12H,1-3H3/t12-/m0/s1. The molecule has 0 saturated carbocycles. The molecule has 0 unspecified atom stereocenters. The number of aliphatic imine (C=N–C) groups is 1. The highest BCUT2D eigenvalue weighted by Gasteiger charge is 2.42. The van der Waals surface area contributed by atoms with Crippen molar-refractivity contribution in [1.29, 1.82) is 0 Å². The zero-order valence-corrected chi connectivity index (χ0v) is 11.8. The Bertz CT molecular complexity index is 610. The molecule has 0 aromatic heterocycles. The van der Waals surface area contributed by atoms with Gasteiger partial charge in [-0.05, 0) is 6.07 Å². The zero-order valence-electron chi connectivity index (χ0n) is 11.0. The van der Waals surface area contributed by atoms with E-state index >= 15 is 0 Å². The van der Waals surface area contributed by atoms with E-state index < -0.39 is 0 Å². The number of anilines is 1. The van der Waals surface area contributed by atoms with Crippen molar-refractivity contribution in [3.8, 4) is 0 Å². The molecule has 0 aliphatic carbocycles. The van der Waals surface area contributed by atoms with Crippen molar-refractivity contribution < 1.29 is 4.79 Å².